The summed E-state index contributed by atoms with van der Waals surface area (Å²) in [6.45, 7) is -0.0621. The first-order valence-electron chi connectivity index (χ1n) is 5.79. The normalized spacial score (nSPS) is 9.90. The quantitative estimate of drug-likeness (QED) is 0.857. The molecule has 2 aromatic carbocycles. The molecular formula is C15H11ClFNO2. The average Bonchev–Trinajstić information content (AvgIpc) is 2.46. The van der Waals surface area contributed by atoms with Gasteiger partial charge in [0.25, 0.3) is 0 Å². The average molecular weight is 292 g/mol. The Balaban J connectivity index is 2.25. The summed E-state index contributed by atoms with van der Waals surface area (Å²) in [6, 6.07) is 11.2. The molecule has 0 amide bonds. The highest BCUT2D eigenvalue weighted by atomic mass is 35.5. The number of hydrogen-bond acceptors (Lipinski definition) is 3. The Morgan fingerprint density at radius 3 is 2.75 bits per heavy atom. The minimum absolute atomic E-state index is 0.0621. The number of halogens is 2. The first kappa shape index (κ1) is 14.2. The minimum atomic E-state index is -0.445. The van der Waals surface area contributed by atoms with E-state index in [0.29, 0.717) is 17.1 Å². The van der Waals surface area contributed by atoms with E-state index in [1.54, 1.807) is 24.3 Å². The molecule has 0 aromatic heterocycles. The van der Waals surface area contributed by atoms with Gasteiger partial charge in [-0.3, -0.25) is 0 Å². The zero-order chi connectivity index (χ0) is 14.5. The van der Waals surface area contributed by atoms with Crippen molar-refractivity contribution in [1.82, 2.24) is 0 Å². The van der Waals surface area contributed by atoms with E-state index in [4.69, 9.17) is 26.3 Å². The number of hydrogen-bond donors (Lipinski definition) is 0. The third kappa shape index (κ3) is 3.01. The molecule has 0 radical (unpaired) electrons. The molecular weight excluding hydrogens is 281 g/mol. The maximum absolute atomic E-state index is 13.6. The van der Waals surface area contributed by atoms with E-state index in [0.717, 1.165) is 0 Å². The van der Waals surface area contributed by atoms with E-state index in [1.807, 2.05) is 6.07 Å². The van der Waals surface area contributed by atoms with Gasteiger partial charge in [0.1, 0.15) is 30.0 Å². The third-order valence-electron chi connectivity index (χ3n) is 2.74. The standard InChI is InChI=1S/C15H11ClFNO2/c1-19-11-6-5-10(8-18)15(7-11)20-9-12-13(16)3-2-4-14(12)17/h2-7H,9H2,1H3. The van der Waals surface area contributed by atoms with Gasteiger partial charge in [0.15, 0.2) is 0 Å². The van der Waals surface area contributed by atoms with Crippen molar-refractivity contribution >= 4 is 11.6 Å². The number of methoxy groups -OCH3 is 1. The summed E-state index contributed by atoms with van der Waals surface area (Å²) >= 11 is 5.92. The van der Waals surface area contributed by atoms with Crippen LogP contribution in [0.15, 0.2) is 36.4 Å². The summed E-state index contributed by atoms with van der Waals surface area (Å²) in [6.07, 6.45) is 0. The van der Waals surface area contributed by atoms with E-state index in [-0.39, 0.29) is 17.2 Å². The van der Waals surface area contributed by atoms with Gasteiger partial charge in [0, 0.05) is 11.6 Å². The lowest BCUT2D eigenvalue weighted by Crippen LogP contribution is -2.01. The van der Waals surface area contributed by atoms with Crippen molar-refractivity contribution in [2.24, 2.45) is 0 Å². The minimum Gasteiger partial charge on any atom is -0.497 e. The topological polar surface area (TPSA) is 42.2 Å². The van der Waals surface area contributed by atoms with E-state index in [2.05, 4.69) is 0 Å². The van der Waals surface area contributed by atoms with Crippen LogP contribution in [0.2, 0.25) is 5.02 Å². The van der Waals surface area contributed by atoms with E-state index in [1.165, 1.54) is 19.2 Å². The molecule has 0 bridgehead atoms. The number of benzene rings is 2. The Morgan fingerprint density at radius 1 is 1.30 bits per heavy atom. The number of nitrogens with zero attached hydrogens (tertiary/aromatic N) is 1. The van der Waals surface area contributed by atoms with Crippen molar-refractivity contribution in [2.75, 3.05) is 7.11 Å². The Hall–Kier alpha value is -2.25. The van der Waals surface area contributed by atoms with E-state index >= 15 is 0 Å². The van der Waals surface area contributed by atoms with Crippen LogP contribution in [-0.4, -0.2) is 7.11 Å². The van der Waals surface area contributed by atoms with Gasteiger partial charge in [-0.15, -0.1) is 0 Å². The number of ether oxygens (including phenoxy) is 2. The first-order valence-corrected chi connectivity index (χ1v) is 6.17. The van der Waals surface area contributed by atoms with Crippen molar-refractivity contribution in [3.63, 3.8) is 0 Å². The van der Waals surface area contributed by atoms with Crippen LogP contribution in [0.25, 0.3) is 0 Å². The molecule has 20 heavy (non-hydrogen) atoms. The summed E-state index contributed by atoms with van der Waals surface area (Å²) in [5.74, 6) is 0.434. The van der Waals surface area contributed by atoms with Crippen molar-refractivity contribution in [3.05, 3.63) is 58.4 Å². The van der Waals surface area contributed by atoms with Crippen molar-refractivity contribution < 1.29 is 13.9 Å². The molecule has 0 N–H and O–H groups in total. The van der Waals surface area contributed by atoms with Crippen LogP contribution >= 0.6 is 11.6 Å². The van der Waals surface area contributed by atoms with Crippen LogP contribution in [-0.2, 0) is 6.61 Å². The fraction of sp³-hybridized carbons (Fsp3) is 0.133. The molecule has 0 aliphatic carbocycles. The molecule has 0 unspecified atom stereocenters. The smallest absolute Gasteiger partial charge is 0.141 e. The molecule has 0 saturated carbocycles. The summed E-state index contributed by atoms with van der Waals surface area (Å²) in [5, 5.41) is 9.30. The van der Waals surface area contributed by atoms with Crippen LogP contribution in [0, 0.1) is 17.1 Å². The monoisotopic (exact) mass is 291 g/mol. The van der Waals surface area contributed by atoms with Gasteiger partial charge in [0.2, 0.25) is 0 Å². The maximum Gasteiger partial charge on any atom is 0.141 e. The van der Waals surface area contributed by atoms with Gasteiger partial charge < -0.3 is 9.47 Å². The van der Waals surface area contributed by atoms with Crippen LogP contribution < -0.4 is 9.47 Å². The second-order valence-corrected chi connectivity index (χ2v) is 4.37. The van der Waals surface area contributed by atoms with Gasteiger partial charge in [-0.2, -0.15) is 5.26 Å². The Labute approximate surface area is 121 Å². The summed E-state index contributed by atoms with van der Waals surface area (Å²) in [4.78, 5) is 0. The van der Waals surface area contributed by atoms with Crippen molar-refractivity contribution in [3.8, 4) is 17.6 Å². The predicted octanol–water partition coefficient (Wildman–Crippen LogP) is 3.94. The zero-order valence-corrected chi connectivity index (χ0v) is 11.4. The number of nitriles is 1. The van der Waals surface area contributed by atoms with Crippen LogP contribution in [0.5, 0.6) is 11.5 Å². The molecule has 0 spiro atoms. The lowest BCUT2D eigenvalue weighted by atomic mass is 10.2. The Morgan fingerprint density at radius 2 is 2.10 bits per heavy atom. The second-order valence-electron chi connectivity index (χ2n) is 3.96. The van der Waals surface area contributed by atoms with Crippen LogP contribution in [0.4, 0.5) is 4.39 Å². The summed E-state index contributed by atoms with van der Waals surface area (Å²) in [7, 11) is 1.51. The molecule has 0 atom stereocenters. The molecule has 0 aliphatic heterocycles. The van der Waals surface area contributed by atoms with Gasteiger partial charge in [0.05, 0.1) is 17.7 Å². The van der Waals surface area contributed by atoms with Gasteiger partial charge in [-0.05, 0) is 24.3 Å². The van der Waals surface area contributed by atoms with Gasteiger partial charge in [-0.25, -0.2) is 4.39 Å². The van der Waals surface area contributed by atoms with Crippen molar-refractivity contribution in [1.29, 1.82) is 5.26 Å². The molecule has 0 heterocycles. The Bertz CT molecular complexity index is 647. The zero-order valence-electron chi connectivity index (χ0n) is 10.7. The molecule has 0 saturated heterocycles. The molecule has 0 aliphatic rings. The first-order chi connectivity index (χ1) is 9.65. The molecule has 0 fully saturated rings. The highest BCUT2D eigenvalue weighted by Crippen LogP contribution is 2.27. The molecule has 2 aromatic rings. The highest BCUT2D eigenvalue weighted by Gasteiger charge is 2.10. The van der Waals surface area contributed by atoms with E-state index in [9.17, 15) is 4.39 Å². The second kappa shape index (κ2) is 6.27. The fourth-order valence-electron chi connectivity index (χ4n) is 1.66. The van der Waals surface area contributed by atoms with Crippen molar-refractivity contribution in [2.45, 2.75) is 6.61 Å². The third-order valence-corrected chi connectivity index (χ3v) is 3.10. The lowest BCUT2D eigenvalue weighted by molar-refractivity contribution is 0.297. The molecule has 2 rings (SSSR count). The van der Waals surface area contributed by atoms with E-state index < -0.39 is 5.82 Å². The summed E-state index contributed by atoms with van der Waals surface area (Å²) < 4.78 is 24.2. The predicted molar refractivity (Wildman–Crippen MR) is 73.5 cm³/mol. The lowest BCUT2D eigenvalue weighted by Gasteiger charge is -2.11. The number of rotatable bonds is 4. The molecule has 5 heteroatoms. The molecule has 3 nitrogen and oxygen atoms in total. The largest absolute Gasteiger partial charge is 0.497 e. The van der Waals surface area contributed by atoms with Gasteiger partial charge >= 0.3 is 0 Å². The maximum atomic E-state index is 13.6. The highest BCUT2D eigenvalue weighted by molar-refractivity contribution is 6.31. The molecule has 102 valence electrons. The van der Waals surface area contributed by atoms with Gasteiger partial charge in [-0.1, -0.05) is 17.7 Å². The summed E-state index contributed by atoms with van der Waals surface area (Å²) in [5.41, 5.74) is 0.596. The fourth-order valence-corrected chi connectivity index (χ4v) is 1.88. The SMILES string of the molecule is COc1ccc(C#N)c(OCc2c(F)cccc2Cl)c1. The Kier molecular flexibility index (Phi) is 4.44. The van der Waals surface area contributed by atoms with Crippen LogP contribution in [0.1, 0.15) is 11.1 Å². The van der Waals surface area contributed by atoms with Crippen LogP contribution in [0.3, 0.4) is 0 Å².